The maximum absolute atomic E-state index is 12.2. The van der Waals surface area contributed by atoms with Gasteiger partial charge < -0.3 is 4.74 Å². The van der Waals surface area contributed by atoms with E-state index in [0.29, 0.717) is 26.5 Å². The molecule has 0 bridgehead atoms. The van der Waals surface area contributed by atoms with Crippen LogP contribution in [0.3, 0.4) is 0 Å². The van der Waals surface area contributed by atoms with Crippen molar-refractivity contribution in [2.75, 3.05) is 0 Å². The van der Waals surface area contributed by atoms with E-state index >= 15 is 0 Å². The normalized spacial score (nSPS) is 11.8. The molecule has 23 heavy (non-hydrogen) atoms. The Balaban J connectivity index is 1.75. The molecule has 0 saturated heterocycles. The minimum atomic E-state index is -4.41. The van der Waals surface area contributed by atoms with Crippen LogP contribution < -0.4 is 4.74 Å². The molecule has 3 rings (SSSR count). The average Bonchev–Trinajstić information content (AvgIpc) is 2.92. The number of nitrogens with zero attached hydrogens (tertiary/aromatic N) is 5. The standard InChI is InChI=1S/C13H9ClF3N5O/c14-9-3-4-10(12-8(9)2-1-5-18-12)23-6-11-19-21-22(20-11)7-13(15,16)17/h1-5H,6-7H2. The summed E-state index contributed by atoms with van der Waals surface area (Å²) in [6, 6.07) is 6.80. The molecule has 0 atom stereocenters. The van der Waals surface area contributed by atoms with Crippen LogP contribution in [0.2, 0.25) is 5.02 Å². The van der Waals surface area contributed by atoms with Crippen LogP contribution >= 0.6 is 11.6 Å². The molecule has 0 N–H and O–H groups in total. The number of hydrogen-bond acceptors (Lipinski definition) is 5. The molecule has 0 unspecified atom stereocenters. The van der Waals surface area contributed by atoms with E-state index in [2.05, 4.69) is 20.4 Å². The van der Waals surface area contributed by atoms with Gasteiger partial charge in [-0.2, -0.15) is 18.0 Å². The Morgan fingerprint density at radius 3 is 2.83 bits per heavy atom. The number of ether oxygens (including phenoxy) is 1. The first-order chi connectivity index (χ1) is 10.9. The van der Waals surface area contributed by atoms with Crippen LogP contribution in [0, 0.1) is 0 Å². The summed E-state index contributed by atoms with van der Waals surface area (Å²) in [6.45, 7) is -1.43. The molecule has 3 aromatic rings. The van der Waals surface area contributed by atoms with Crippen molar-refractivity contribution in [1.82, 2.24) is 25.2 Å². The zero-order chi connectivity index (χ0) is 16.4. The monoisotopic (exact) mass is 343 g/mol. The van der Waals surface area contributed by atoms with Crippen molar-refractivity contribution >= 4 is 22.5 Å². The van der Waals surface area contributed by atoms with Gasteiger partial charge >= 0.3 is 6.18 Å². The molecular weight excluding hydrogens is 335 g/mol. The fourth-order valence-electron chi connectivity index (χ4n) is 1.93. The molecular formula is C13H9ClF3N5O. The summed E-state index contributed by atoms with van der Waals surface area (Å²) in [5.41, 5.74) is 0.544. The lowest BCUT2D eigenvalue weighted by Crippen LogP contribution is -2.19. The summed E-state index contributed by atoms with van der Waals surface area (Å²) in [5.74, 6) is 0.463. The molecule has 10 heteroatoms. The lowest BCUT2D eigenvalue weighted by atomic mass is 10.2. The van der Waals surface area contributed by atoms with Gasteiger partial charge in [-0.3, -0.25) is 4.98 Å². The number of rotatable bonds is 4. The fraction of sp³-hybridized carbons (Fsp3) is 0.231. The molecule has 120 valence electrons. The first kappa shape index (κ1) is 15.5. The van der Waals surface area contributed by atoms with Gasteiger partial charge in [0, 0.05) is 11.6 Å². The molecule has 6 nitrogen and oxygen atoms in total. The number of pyridine rings is 1. The quantitative estimate of drug-likeness (QED) is 0.728. The molecule has 0 amide bonds. The van der Waals surface area contributed by atoms with Crippen LogP contribution in [0.1, 0.15) is 5.82 Å². The van der Waals surface area contributed by atoms with E-state index in [-0.39, 0.29) is 12.4 Å². The Labute approximate surface area is 132 Å². The van der Waals surface area contributed by atoms with E-state index in [1.54, 1.807) is 30.5 Å². The van der Waals surface area contributed by atoms with Crippen LogP contribution in [0.4, 0.5) is 13.2 Å². The molecule has 0 fully saturated rings. The molecule has 1 aromatic carbocycles. The Kier molecular flexibility index (Phi) is 4.03. The Morgan fingerprint density at radius 1 is 1.22 bits per heavy atom. The van der Waals surface area contributed by atoms with Crippen molar-refractivity contribution in [3.63, 3.8) is 0 Å². The van der Waals surface area contributed by atoms with Crippen molar-refractivity contribution in [3.8, 4) is 5.75 Å². The summed E-state index contributed by atoms with van der Waals surface area (Å²) in [4.78, 5) is 4.66. The van der Waals surface area contributed by atoms with Crippen molar-refractivity contribution in [3.05, 3.63) is 41.3 Å². The molecule has 0 aliphatic heterocycles. The van der Waals surface area contributed by atoms with Crippen LogP contribution in [0.5, 0.6) is 5.75 Å². The van der Waals surface area contributed by atoms with E-state index < -0.39 is 12.7 Å². The minimum Gasteiger partial charge on any atom is -0.483 e. The summed E-state index contributed by atoms with van der Waals surface area (Å²) < 4.78 is 42.2. The predicted octanol–water partition coefficient (Wildman–Crippen LogP) is 3.02. The topological polar surface area (TPSA) is 65.7 Å². The third kappa shape index (κ3) is 3.67. The maximum atomic E-state index is 12.2. The molecule has 2 heterocycles. The van der Waals surface area contributed by atoms with Gasteiger partial charge in [0.25, 0.3) is 0 Å². The Hall–Kier alpha value is -2.42. The van der Waals surface area contributed by atoms with Crippen molar-refractivity contribution < 1.29 is 17.9 Å². The zero-order valence-corrected chi connectivity index (χ0v) is 12.2. The zero-order valence-electron chi connectivity index (χ0n) is 11.5. The SMILES string of the molecule is FC(F)(F)Cn1nnc(COc2ccc(Cl)c3cccnc23)n1. The summed E-state index contributed by atoms with van der Waals surface area (Å²) in [5, 5.41) is 11.7. The summed E-state index contributed by atoms with van der Waals surface area (Å²) in [7, 11) is 0. The molecule has 0 spiro atoms. The number of hydrogen-bond donors (Lipinski definition) is 0. The highest BCUT2D eigenvalue weighted by Crippen LogP contribution is 2.29. The Morgan fingerprint density at radius 2 is 2.04 bits per heavy atom. The minimum absolute atomic E-state index is 0.0354. The first-order valence-corrected chi connectivity index (χ1v) is 6.80. The molecule has 2 aromatic heterocycles. The van der Waals surface area contributed by atoms with Crippen molar-refractivity contribution in [1.29, 1.82) is 0 Å². The second kappa shape index (κ2) is 5.99. The largest absolute Gasteiger partial charge is 0.483 e. The van der Waals surface area contributed by atoms with E-state index in [1.165, 1.54) is 0 Å². The number of tetrazole rings is 1. The lowest BCUT2D eigenvalue weighted by Gasteiger charge is -2.07. The highest BCUT2D eigenvalue weighted by molar-refractivity contribution is 6.35. The van der Waals surface area contributed by atoms with Crippen molar-refractivity contribution in [2.45, 2.75) is 19.3 Å². The van der Waals surface area contributed by atoms with Gasteiger partial charge in [0.1, 0.15) is 11.3 Å². The van der Waals surface area contributed by atoms with Gasteiger partial charge in [-0.15, -0.1) is 10.2 Å². The second-order valence-electron chi connectivity index (χ2n) is 4.59. The number of aromatic nitrogens is 5. The van der Waals surface area contributed by atoms with Crippen LogP contribution in [0.25, 0.3) is 10.9 Å². The van der Waals surface area contributed by atoms with Gasteiger partial charge in [-0.05, 0) is 29.5 Å². The molecule has 0 radical (unpaired) electrons. The maximum Gasteiger partial charge on any atom is 0.409 e. The third-order valence-corrected chi connectivity index (χ3v) is 3.18. The van der Waals surface area contributed by atoms with E-state index in [1.807, 2.05) is 0 Å². The molecule has 0 aliphatic carbocycles. The van der Waals surface area contributed by atoms with Gasteiger partial charge in [-0.1, -0.05) is 11.6 Å². The first-order valence-electron chi connectivity index (χ1n) is 6.42. The average molecular weight is 344 g/mol. The predicted molar refractivity (Wildman–Crippen MR) is 75.0 cm³/mol. The van der Waals surface area contributed by atoms with Crippen LogP contribution in [0.15, 0.2) is 30.5 Å². The van der Waals surface area contributed by atoms with E-state index in [0.717, 1.165) is 0 Å². The number of halogens is 4. The van der Waals surface area contributed by atoms with Crippen LogP contribution in [-0.4, -0.2) is 31.4 Å². The number of alkyl halides is 3. The van der Waals surface area contributed by atoms with E-state index in [9.17, 15) is 13.2 Å². The third-order valence-electron chi connectivity index (χ3n) is 2.85. The summed E-state index contributed by atoms with van der Waals surface area (Å²) >= 11 is 6.07. The summed E-state index contributed by atoms with van der Waals surface area (Å²) in [6.07, 6.45) is -2.82. The molecule has 0 saturated carbocycles. The van der Waals surface area contributed by atoms with Gasteiger partial charge in [0.05, 0.1) is 5.02 Å². The number of benzene rings is 1. The highest BCUT2D eigenvalue weighted by atomic mass is 35.5. The van der Waals surface area contributed by atoms with Crippen molar-refractivity contribution in [2.24, 2.45) is 0 Å². The van der Waals surface area contributed by atoms with E-state index in [4.69, 9.17) is 16.3 Å². The fourth-order valence-corrected chi connectivity index (χ4v) is 2.15. The van der Waals surface area contributed by atoms with Crippen LogP contribution in [-0.2, 0) is 13.2 Å². The number of fused-ring (bicyclic) bond motifs is 1. The molecule has 0 aliphatic rings. The smallest absolute Gasteiger partial charge is 0.409 e. The van der Waals surface area contributed by atoms with Gasteiger partial charge in [0.15, 0.2) is 13.2 Å². The van der Waals surface area contributed by atoms with Gasteiger partial charge in [0.2, 0.25) is 5.82 Å². The lowest BCUT2D eigenvalue weighted by molar-refractivity contribution is -0.145. The highest BCUT2D eigenvalue weighted by Gasteiger charge is 2.29. The Bertz CT molecular complexity index is 836. The van der Waals surface area contributed by atoms with Gasteiger partial charge in [-0.25, -0.2) is 0 Å². The second-order valence-corrected chi connectivity index (χ2v) is 4.99.